The van der Waals surface area contributed by atoms with Gasteiger partial charge in [0.25, 0.3) is 5.91 Å². The van der Waals surface area contributed by atoms with Crippen LogP contribution in [0.2, 0.25) is 0 Å². The van der Waals surface area contributed by atoms with Gasteiger partial charge in [0.15, 0.2) is 5.67 Å². The van der Waals surface area contributed by atoms with Crippen molar-refractivity contribution in [2.75, 3.05) is 33.3 Å². The molecule has 1 unspecified atom stereocenters. The fourth-order valence-corrected chi connectivity index (χ4v) is 3.21. The smallest absolute Gasteiger partial charge is 0.260 e. The van der Waals surface area contributed by atoms with Crippen molar-refractivity contribution in [3.63, 3.8) is 0 Å². The first-order chi connectivity index (χ1) is 8.60. The third-order valence-electron chi connectivity index (χ3n) is 4.68. The molecule has 5 heteroatoms. The van der Waals surface area contributed by atoms with Gasteiger partial charge >= 0.3 is 0 Å². The lowest BCUT2D eigenvalue weighted by Gasteiger charge is -2.47. The molecule has 18 heavy (non-hydrogen) atoms. The number of rotatable bonds is 1. The molecule has 0 radical (unpaired) electrons. The Hall–Kier alpha value is -0.680. The largest absolute Gasteiger partial charge is 0.375 e. The van der Waals surface area contributed by atoms with Crippen LogP contribution in [0.25, 0.3) is 0 Å². The number of fused-ring (bicyclic) bond motifs is 1. The Bertz CT molecular complexity index is 346. The van der Waals surface area contributed by atoms with E-state index in [0.29, 0.717) is 25.9 Å². The van der Waals surface area contributed by atoms with Gasteiger partial charge in [-0.1, -0.05) is 0 Å². The second kappa shape index (κ2) is 4.46. The van der Waals surface area contributed by atoms with Crippen LogP contribution in [0.5, 0.6) is 0 Å². The van der Waals surface area contributed by atoms with Gasteiger partial charge in [0.05, 0.1) is 18.8 Å². The lowest BCUT2D eigenvalue weighted by Crippen LogP contribution is -2.62. The summed E-state index contributed by atoms with van der Waals surface area (Å²) < 4.78 is 19.9. The van der Waals surface area contributed by atoms with Crippen LogP contribution >= 0.6 is 0 Å². The molecule has 0 aromatic heterocycles. The van der Waals surface area contributed by atoms with E-state index in [1.165, 1.54) is 0 Å². The molecule has 0 bridgehead atoms. The number of carbonyl (C=O) groups excluding carboxylic acids is 1. The van der Waals surface area contributed by atoms with E-state index in [9.17, 15) is 9.18 Å². The first kappa shape index (κ1) is 12.4. The summed E-state index contributed by atoms with van der Waals surface area (Å²) in [5.41, 5.74) is -1.55. The summed E-state index contributed by atoms with van der Waals surface area (Å²) in [4.78, 5) is 16.1. The second-order valence-corrected chi connectivity index (χ2v) is 5.82. The Balaban J connectivity index is 1.67. The third-order valence-corrected chi connectivity index (χ3v) is 4.68. The highest BCUT2D eigenvalue weighted by Gasteiger charge is 2.49. The molecule has 1 amide bonds. The van der Waals surface area contributed by atoms with Crippen LogP contribution < -0.4 is 0 Å². The Morgan fingerprint density at radius 2 is 2.17 bits per heavy atom. The van der Waals surface area contributed by atoms with Gasteiger partial charge in [-0.3, -0.25) is 9.69 Å². The summed E-state index contributed by atoms with van der Waals surface area (Å²) >= 11 is 0. The van der Waals surface area contributed by atoms with Crippen LogP contribution in [0.15, 0.2) is 0 Å². The van der Waals surface area contributed by atoms with Crippen LogP contribution in [0.4, 0.5) is 4.39 Å². The van der Waals surface area contributed by atoms with E-state index in [-0.39, 0.29) is 18.1 Å². The minimum absolute atomic E-state index is 0.213. The summed E-state index contributed by atoms with van der Waals surface area (Å²) in [5, 5.41) is 0. The maximum absolute atomic E-state index is 14.2. The average molecular weight is 256 g/mol. The lowest BCUT2D eigenvalue weighted by molar-refractivity contribution is -0.158. The number of piperidine rings is 1. The maximum Gasteiger partial charge on any atom is 0.260 e. The molecule has 0 spiro atoms. The Morgan fingerprint density at radius 3 is 2.83 bits per heavy atom. The van der Waals surface area contributed by atoms with Gasteiger partial charge in [-0.2, -0.15) is 0 Å². The van der Waals surface area contributed by atoms with E-state index >= 15 is 0 Å². The minimum atomic E-state index is -1.55. The molecule has 0 aromatic carbocycles. The number of likely N-dealkylation sites (N-methyl/N-ethyl adjacent to an activating group) is 1. The number of morpholine rings is 1. The molecule has 3 rings (SSSR count). The van der Waals surface area contributed by atoms with Crippen LogP contribution in [-0.2, 0) is 9.53 Å². The van der Waals surface area contributed by atoms with Crippen LogP contribution in [-0.4, -0.2) is 66.8 Å². The molecular formula is C13H21FN2O2. The van der Waals surface area contributed by atoms with Crippen molar-refractivity contribution in [3.05, 3.63) is 0 Å². The summed E-state index contributed by atoms with van der Waals surface area (Å²) in [6.45, 7) is 2.91. The Labute approximate surface area is 107 Å². The molecule has 1 saturated carbocycles. The normalized spacial score (nSPS) is 35.8. The Kier molecular flexibility index (Phi) is 3.06. The zero-order valence-corrected chi connectivity index (χ0v) is 10.9. The summed E-state index contributed by atoms with van der Waals surface area (Å²) in [5.74, 6) is -0.286. The number of nitrogens with zero attached hydrogens (tertiary/aromatic N) is 2. The molecule has 2 atom stereocenters. The number of carbonyl (C=O) groups is 1. The van der Waals surface area contributed by atoms with Crippen molar-refractivity contribution in [1.29, 1.82) is 0 Å². The van der Waals surface area contributed by atoms with Gasteiger partial charge < -0.3 is 9.64 Å². The standard InChI is InChI=1S/C13H21FN2O2/c1-15-7-8-18-11-3-6-16(9-10(11)15)12(17)13(14)4-2-5-13/h10-11H,2-9H2,1H3/t10-,11?/m0/s1. The first-order valence-electron chi connectivity index (χ1n) is 6.90. The van der Waals surface area contributed by atoms with Gasteiger partial charge in [-0.05, 0) is 32.7 Å². The summed E-state index contributed by atoms with van der Waals surface area (Å²) in [7, 11) is 2.06. The van der Waals surface area contributed by atoms with Crippen molar-refractivity contribution >= 4 is 5.91 Å². The number of amides is 1. The fraction of sp³-hybridized carbons (Fsp3) is 0.923. The molecule has 0 aromatic rings. The molecule has 2 aliphatic heterocycles. The van der Waals surface area contributed by atoms with Gasteiger partial charge in [0.2, 0.25) is 0 Å². The van der Waals surface area contributed by atoms with E-state index in [0.717, 1.165) is 26.0 Å². The summed E-state index contributed by atoms with van der Waals surface area (Å²) in [6, 6.07) is 0.236. The van der Waals surface area contributed by atoms with E-state index in [2.05, 4.69) is 11.9 Å². The lowest BCUT2D eigenvalue weighted by atomic mass is 9.80. The molecular weight excluding hydrogens is 235 g/mol. The van der Waals surface area contributed by atoms with Crippen LogP contribution in [0.1, 0.15) is 25.7 Å². The van der Waals surface area contributed by atoms with Crippen LogP contribution in [0.3, 0.4) is 0 Å². The monoisotopic (exact) mass is 256 g/mol. The number of hydrogen-bond donors (Lipinski definition) is 0. The predicted molar refractivity (Wildman–Crippen MR) is 65.0 cm³/mol. The molecule has 102 valence electrons. The number of halogens is 1. The fourth-order valence-electron chi connectivity index (χ4n) is 3.21. The quantitative estimate of drug-likeness (QED) is 0.696. The first-order valence-corrected chi connectivity index (χ1v) is 6.90. The summed E-state index contributed by atoms with van der Waals surface area (Å²) in [6.07, 6.45) is 2.69. The molecule has 3 aliphatic rings. The maximum atomic E-state index is 14.2. The topological polar surface area (TPSA) is 32.8 Å². The van der Waals surface area contributed by atoms with E-state index in [1.54, 1.807) is 4.90 Å². The molecule has 3 fully saturated rings. The highest BCUT2D eigenvalue weighted by molar-refractivity contribution is 5.86. The van der Waals surface area contributed by atoms with Crippen molar-refractivity contribution in [3.8, 4) is 0 Å². The number of likely N-dealkylation sites (tertiary alicyclic amines) is 1. The highest BCUT2D eigenvalue weighted by Crippen LogP contribution is 2.38. The Morgan fingerprint density at radius 1 is 1.39 bits per heavy atom. The number of hydrogen-bond acceptors (Lipinski definition) is 3. The molecule has 2 saturated heterocycles. The van der Waals surface area contributed by atoms with E-state index < -0.39 is 5.67 Å². The van der Waals surface area contributed by atoms with Gasteiger partial charge in [-0.25, -0.2) is 4.39 Å². The van der Waals surface area contributed by atoms with Gasteiger partial charge in [-0.15, -0.1) is 0 Å². The van der Waals surface area contributed by atoms with Gasteiger partial charge in [0.1, 0.15) is 0 Å². The molecule has 2 heterocycles. The zero-order valence-electron chi connectivity index (χ0n) is 10.9. The van der Waals surface area contributed by atoms with Gasteiger partial charge in [0, 0.05) is 19.6 Å². The van der Waals surface area contributed by atoms with Crippen molar-refractivity contribution in [2.24, 2.45) is 0 Å². The van der Waals surface area contributed by atoms with E-state index in [1.807, 2.05) is 0 Å². The second-order valence-electron chi connectivity index (χ2n) is 5.82. The van der Waals surface area contributed by atoms with Crippen molar-refractivity contribution < 1.29 is 13.9 Å². The predicted octanol–water partition coefficient (Wildman–Crippen LogP) is 0.810. The minimum Gasteiger partial charge on any atom is -0.375 e. The number of alkyl halides is 1. The average Bonchev–Trinajstić information content (AvgIpc) is 2.35. The molecule has 0 N–H and O–H groups in total. The van der Waals surface area contributed by atoms with Crippen molar-refractivity contribution in [2.45, 2.75) is 43.5 Å². The highest BCUT2D eigenvalue weighted by atomic mass is 19.1. The third kappa shape index (κ3) is 1.93. The number of ether oxygens (including phenoxy) is 1. The SMILES string of the molecule is CN1CCOC2CCN(C(=O)C3(F)CCC3)C[C@@H]21. The molecule has 4 nitrogen and oxygen atoms in total. The van der Waals surface area contributed by atoms with Crippen LogP contribution in [0, 0.1) is 0 Å². The van der Waals surface area contributed by atoms with Crippen molar-refractivity contribution in [1.82, 2.24) is 9.80 Å². The van der Waals surface area contributed by atoms with E-state index in [4.69, 9.17) is 4.74 Å². The zero-order chi connectivity index (χ0) is 12.8. The molecule has 1 aliphatic carbocycles.